The molecule has 0 aliphatic rings. The summed E-state index contributed by atoms with van der Waals surface area (Å²) in [6.07, 6.45) is 0. The smallest absolute Gasteiger partial charge is 0.276 e. The van der Waals surface area contributed by atoms with E-state index in [-0.39, 0.29) is 6.61 Å². The van der Waals surface area contributed by atoms with E-state index in [2.05, 4.69) is 0 Å². The highest BCUT2D eigenvalue weighted by atomic mass is 19.1. The highest BCUT2D eigenvalue weighted by Crippen LogP contribution is 2.12. The van der Waals surface area contributed by atoms with Crippen LogP contribution in [0.25, 0.3) is 0 Å². The normalized spacial score (nSPS) is 10.0. The zero-order valence-corrected chi connectivity index (χ0v) is 12.2. The van der Waals surface area contributed by atoms with Gasteiger partial charge in [0.1, 0.15) is 22.9 Å². The molecular weight excluding hydrogens is 306 g/mol. The van der Waals surface area contributed by atoms with Gasteiger partial charge < -0.3 is 4.74 Å². The number of amides is 2. The summed E-state index contributed by atoms with van der Waals surface area (Å²) in [5.41, 5.74) is 4.22. The first-order valence-electron chi connectivity index (χ1n) is 6.70. The molecule has 0 saturated heterocycles. The number of aryl methyl sites for hydroxylation is 1. The Morgan fingerprint density at radius 1 is 1.00 bits per heavy atom. The zero-order chi connectivity index (χ0) is 16.8. The summed E-state index contributed by atoms with van der Waals surface area (Å²) in [6.45, 7) is 1.55. The van der Waals surface area contributed by atoms with Gasteiger partial charge in [0.2, 0.25) is 0 Å². The molecule has 0 fully saturated rings. The van der Waals surface area contributed by atoms with Crippen molar-refractivity contribution in [1.82, 2.24) is 10.9 Å². The number of carbonyl (C=O) groups is 2. The molecule has 0 aromatic heterocycles. The van der Waals surface area contributed by atoms with Crippen molar-refractivity contribution in [3.05, 3.63) is 65.2 Å². The van der Waals surface area contributed by atoms with Crippen molar-refractivity contribution in [2.75, 3.05) is 6.61 Å². The van der Waals surface area contributed by atoms with Crippen molar-refractivity contribution >= 4 is 11.8 Å². The highest BCUT2D eigenvalue weighted by molar-refractivity contribution is 5.95. The quantitative estimate of drug-likeness (QED) is 0.848. The largest absolute Gasteiger partial charge is 0.484 e. The second-order valence-electron chi connectivity index (χ2n) is 4.70. The van der Waals surface area contributed by atoms with Crippen molar-refractivity contribution in [3.63, 3.8) is 0 Å². The fraction of sp³-hybridized carbons (Fsp3) is 0.125. The van der Waals surface area contributed by atoms with Crippen molar-refractivity contribution in [2.24, 2.45) is 0 Å². The number of ether oxygens (including phenoxy) is 1. The zero-order valence-electron chi connectivity index (χ0n) is 12.2. The number of carbonyl (C=O) groups excluding carboxylic acids is 2. The molecule has 0 aliphatic heterocycles. The molecule has 7 heteroatoms. The predicted molar refractivity (Wildman–Crippen MR) is 78.6 cm³/mol. The van der Waals surface area contributed by atoms with Gasteiger partial charge >= 0.3 is 0 Å². The number of hydrogen-bond acceptors (Lipinski definition) is 3. The standard InChI is InChI=1S/C16H14F2N2O3/c1-10-5-7-11(8-6-10)23-9-14(21)19-20-16(22)15-12(17)3-2-4-13(15)18/h2-8H,9H2,1H3,(H,19,21)(H,20,22). The molecule has 23 heavy (non-hydrogen) atoms. The van der Waals surface area contributed by atoms with E-state index in [0.29, 0.717) is 5.75 Å². The first kappa shape index (κ1) is 16.4. The lowest BCUT2D eigenvalue weighted by molar-refractivity contribution is -0.123. The van der Waals surface area contributed by atoms with Gasteiger partial charge in [-0.1, -0.05) is 23.8 Å². The van der Waals surface area contributed by atoms with Crippen LogP contribution in [0.4, 0.5) is 8.78 Å². The molecule has 0 bridgehead atoms. The molecule has 2 amide bonds. The van der Waals surface area contributed by atoms with Gasteiger partial charge in [0, 0.05) is 0 Å². The number of benzene rings is 2. The SMILES string of the molecule is Cc1ccc(OCC(=O)NNC(=O)c2c(F)cccc2F)cc1. The maximum Gasteiger partial charge on any atom is 0.276 e. The molecule has 0 saturated carbocycles. The van der Waals surface area contributed by atoms with Crippen LogP contribution in [0.15, 0.2) is 42.5 Å². The second-order valence-corrected chi connectivity index (χ2v) is 4.70. The fourth-order valence-corrected chi connectivity index (χ4v) is 1.72. The van der Waals surface area contributed by atoms with Crippen LogP contribution < -0.4 is 15.6 Å². The summed E-state index contributed by atoms with van der Waals surface area (Å²) in [5, 5.41) is 0. The minimum atomic E-state index is -1.09. The summed E-state index contributed by atoms with van der Waals surface area (Å²) in [7, 11) is 0. The van der Waals surface area contributed by atoms with E-state index < -0.39 is 29.0 Å². The van der Waals surface area contributed by atoms with Crippen molar-refractivity contribution in [3.8, 4) is 5.75 Å². The maximum absolute atomic E-state index is 13.4. The number of nitrogens with one attached hydrogen (secondary N) is 2. The fourth-order valence-electron chi connectivity index (χ4n) is 1.72. The molecular formula is C16H14F2N2O3. The van der Waals surface area contributed by atoms with Crippen LogP contribution in [-0.2, 0) is 4.79 Å². The van der Waals surface area contributed by atoms with Gasteiger partial charge in [-0.25, -0.2) is 8.78 Å². The molecule has 0 heterocycles. The molecule has 0 atom stereocenters. The third kappa shape index (κ3) is 4.50. The first-order valence-corrected chi connectivity index (χ1v) is 6.70. The predicted octanol–water partition coefficient (Wildman–Crippen LogP) is 2.11. The molecule has 0 unspecified atom stereocenters. The molecule has 5 nitrogen and oxygen atoms in total. The highest BCUT2D eigenvalue weighted by Gasteiger charge is 2.17. The third-order valence-corrected chi connectivity index (χ3v) is 2.90. The van der Waals surface area contributed by atoms with Crippen molar-refractivity contribution in [1.29, 1.82) is 0 Å². The van der Waals surface area contributed by atoms with Gasteiger partial charge in [-0.05, 0) is 31.2 Å². The average Bonchev–Trinajstić information content (AvgIpc) is 2.52. The van der Waals surface area contributed by atoms with Crippen molar-refractivity contribution in [2.45, 2.75) is 6.92 Å². The van der Waals surface area contributed by atoms with Crippen LogP contribution in [0, 0.1) is 18.6 Å². The van der Waals surface area contributed by atoms with Crippen LogP contribution in [0.3, 0.4) is 0 Å². The molecule has 0 radical (unpaired) electrons. The molecule has 2 rings (SSSR count). The molecule has 0 aliphatic carbocycles. The number of hydrazine groups is 1. The van der Waals surface area contributed by atoms with Crippen LogP contribution in [-0.4, -0.2) is 18.4 Å². The summed E-state index contributed by atoms with van der Waals surface area (Å²) >= 11 is 0. The Labute approximate surface area is 131 Å². The Kier molecular flexibility index (Phi) is 5.24. The molecule has 2 aromatic rings. The second kappa shape index (κ2) is 7.35. The van der Waals surface area contributed by atoms with Crippen LogP contribution >= 0.6 is 0 Å². The topological polar surface area (TPSA) is 67.4 Å². The lowest BCUT2D eigenvalue weighted by Crippen LogP contribution is -2.44. The molecule has 2 aromatic carbocycles. The Bertz CT molecular complexity index is 698. The van der Waals surface area contributed by atoms with Gasteiger partial charge in [0.05, 0.1) is 0 Å². The average molecular weight is 320 g/mol. The van der Waals surface area contributed by atoms with E-state index in [9.17, 15) is 18.4 Å². The van der Waals surface area contributed by atoms with Crippen LogP contribution in [0.2, 0.25) is 0 Å². The minimum Gasteiger partial charge on any atom is -0.484 e. The molecule has 120 valence electrons. The van der Waals surface area contributed by atoms with Crippen LogP contribution in [0.5, 0.6) is 5.75 Å². The van der Waals surface area contributed by atoms with E-state index >= 15 is 0 Å². The molecule has 0 spiro atoms. The van der Waals surface area contributed by atoms with E-state index in [0.717, 1.165) is 23.8 Å². The third-order valence-electron chi connectivity index (χ3n) is 2.90. The minimum absolute atomic E-state index is 0.358. The van der Waals surface area contributed by atoms with E-state index in [1.165, 1.54) is 0 Å². The van der Waals surface area contributed by atoms with Gasteiger partial charge in [0.25, 0.3) is 11.8 Å². The van der Waals surface area contributed by atoms with Crippen LogP contribution in [0.1, 0.15) is 15.9 Å². The number of halogens is 2. The summed E-state index contributed by atoms with van der Waals surface area (Å²) in [5.74, 6) is -3.32. The first-order chi connectivity index (χ1) is 11.0. The summed E-state index contributed by atoms with van der Waals surface area (Å²) in [4.78, 5) is 23.2. The van der Waals surface area contributed by atoms with Gasteiger partial charge in [-0.3, -0.25) is 20.4 Å². The van der Waals surface area contributed by atoms with E-state index in [1.54, 1.807) is 12.1 Å². The molecule has 2 N–H and O–H groups in total. The number of hydrogen-bond donors (Lipinski definition) is 2. The summed E-state index contributed by atoms with van der Waals surface area (Å²) < 4.78 is 32.0. The van der Waals surface area contributed by atoms with E-state index in [4.69, 9.17) is 4.74 Å². The van der Waals surface area contributed by atoms with Gasteiger partial charge in [-0.15, -0.1) is 0 Å². The van der Waals surface area contributed by atoms with Crippen molar-refractivity contribution < 1.29 is 23.1 Å². The Morgan fingerprint density at radius 3 is 2.22 bits per heavy atom. The number of rotatable bonds is 4. The monoisotopic (exact) mass is 320 g/mol. The summed E-state index contributed by atoms with van der Waals surface area (Å²) in [6, 6.07) is 10.0. The Hall–Kier alpha value is -2.96. The Morgan fingerprint density at radius 2 is 1.61 bits per heavy atom. The lowest BCUT2D eigenvalue weighted by atomic mass is 10.2. The van der Waals surface area contributed by atoms with Gasteiger partial charge in [-0.2, -0.15) is 0 Å². The lowest BCUT2D eigenvalue weighted by Gasteiger charge is -2.09. The van der Waals surface area contributed by atoms with Gasteiger partial charge in [0.15, 0.2) is 6.61 Å². The maximum atomic E-state index is 13.4. The van der Waals surface area contributed by atoms with E-state index in [1.807, 2.05) is 29.9 Å². The Balaban J connectivity index is 1.84.